The van der Waals surface area contributed by atoms with E-state index < -0.39 is 16.9 Å². The number of nitro benzene ring substituents is 1. The lowest BCUT2D eigenvalue weighted by atomic mass is 9.99. The number of carboxylic acid groups (broad SMARTS) is 1. The number of phenolic OH excluding ortho intramolecular Hbond substituents is 1. The predicted molar refractivity (Wildman–Crippen MR) is 128 cm³/mol. The number of benzene rings is 2. The van der Waals surface area contributed by atoms with Crippen molar-refractivity contribution in [1.29, 1.82) is 0 Å². The molecule has 0 saturated carbocycles. The molecule has 0 fully saturated rings. The van der Waals surface area contributed by atoms with Crippen molar-refractivity contribution >= 4 is 17.6 Å². The van der Waals surface area contributed by atoms with E-state index in [0.29, 0.717) is 41.1 Å². The number of hydrogen-bond donors (Lipinski definition) is 4. The van der Waals surface area contributed by atoms with Crippen molar-refractivity contribution in [2.24, 2.45) is 5.73 Å². The Kier molecular flexibility index (Phi) is 8.00. The fourth-order valence-corrected chi connectivity index (χ4v) is 3.37. The molecule has 0 aliphatic carbocycles. The highest BCUT2D eigenvalue weighted by Crippen LogP contribution is 2.39. The maximum absolute atomic E-state index is 11.5. The van der Waals surface area contributed by atoms with E-state index in [2.05, 4.69) is 15.3 Å². The van der Waals surface area contributed by atoms with Gasteiger partial charge in [-0.15, -0.1) is 0 Å². The number of nitrogens with two attached hydrogens (primary N) is 1. The first kappa shape index (κ1) is 25.2. The minimum absolute atomic E-state index is 0.103. The molecule has 12 heteroatoms. The van der Waals surface area contributed by atoms with Crippen molar-refractivity contribution in [3.8, 4) is 39.6 Å². The number of nitro groups is 1. The lowest BCUT2D eigenvalue weighted by Gasteiger charge is -2.14. The summed E-state index contributed by atoms with van der Waals surface area (Å²) in [6.07, 6.45) is 2.22. The van der Waals surface area contributed by atoms with Gasteiger partial charge in [-0.05, 0) is 36.6 Å². The minimum atomic E-state index is -1.07. The summed E-state index contributed by atoms with van der Waals surface area (Å²) in [4.78, 5) is 30.7. The van der Waals surface area contributed by atoms with E-state index in [9.17, 15) is 20.0 Å². The van der Waals surface area contributed by atoms with Crippen LogP contribution in [0.1, 0.15) is 12.8 Å². The zero-order valence-corrected chi connectivity index (χ0v) is 19.1. The Bertz CT molecular complexity index is 1230. The fraction of sp³-hybridized carbons (Fsp3) is 0.261. The van der Waals surface area contributed by atoms with Crippen LogP contribution in [0.3, 0.4) is 0 Å². The van der Waals surface area contributed by atoms with Crippen LogP contribution in [0, 0.1) is 10.1 Å². The zero-order chi connectivity index (χ0) is 25.5. The quantitative estimate of drug-likeness (QED) is 0.179. The molecule has 5 N–H and O–H groups in total. The molecule has 0 aliphatic heterocycles. The maximum Gasteiger partial charge on any atom is 0.320 e. The molecule has 184 valence electrons. The second kappa shape index (κ2) is 11.1. The molecule has 3 rings (SSSR count). The number of rotatable bonds is 11. The van der Waals surface area contributed by atoms with E-state index in [1.54, 1.807) is 18.2 Å². The number of hydrogen-bond acceptors (Lipinski definition) is 10. The largest absolute Gasteiger partial charge is 0.507 e. The third kappa shape index (κ3) is 5.92. The molecule has 12 nitrogen and oxygen atoms in total. The number of aliphatic carboxylic acids is 1. The van der Waals surface area contributed by atoms with E-state index >= 15 is 0 Å². The summed E-state index contributed by atoms with van der Waals surface area (Å²) in [7, 11) is 2.81. The Labute approximate surface area is 200 Å². The van der Waals surface area contributed by atoms with Gasteiger partial charge in [0.1, 0.15) is 17.5 Å². The summed E-state index contributed by atoms with van der Waals surface area (Å²) in [5.74, 6) is -0.408. The van der Waals surface area contributed by atoms with Crippen LogP contribution >= 0.6 is 0 Å². The van der Waals surface area contributed by atoms with Crippen LogP contribution in [-0.2, 0) is 4.79 Å². The molecule has 0 radical (unpaired) electrons. The number of anilines is 1. The second-order valence-corrected chi connectivity index (χ2v) is 7.50. The number of carbonyl (C=O) groups is 1. The smallest absolute Gasteiger partial charge is 0.320 e. The number of carboxylic acids is 1. The highest BCUT2D eigenvalue weighted by molar-refractivity contribution is 5.85. The molecule has 35 heavy (non-hydrogen) atoms. The summed E-state index contributed by atoms with van der Waals surface area (Å²) in [5.41, 5.74) is 6.86. The van der Waals surface area contributed by atoms with Gasteiger partial charge in [-0.1, -0.05) is 6.07 Å². The van der Waals surface area contributed by atoms with Crippen molar-refractivity contribution in [1.82, 2.24) is 9.97 Å². The van der Waals surface area contributed by atoms with Crippen LogP contribution in [0.25, 0.3) is 22.4 Å². The van der Waals surface area contributed by atoms with Crippen LogP contribution in [0.5, 0.6) is 17.2 Å². The Morgan fingerprint density at radius 3 is 2.60 bits per heavy atom. The number of aromatic nitrogens is 2. The van der Waals surface area contributed by atoms with Gasteiger partial charge in [0.15, 0.2) is 5.75 Å². The van der Waals surface area contributed by atoms with E-state index in [1.165, 1.54) is 38.6 Å². The van der Waals surface area contributed by atoms with Gasteiger partial charge in [-0.25, -0.2) is 9.97 Å². The van der Waals surface area contributed by atoms with Gasteiger partial charge < -0.3 is 30.7 Å². The van der Waals surface area contributed by atoms with Crippen LogP contribution in [0.15, 0.2) is 42.6 Å². The maximum atomic E-state index is 11.5. The number of ether oxygens (including phenoxy) is 2. The molecule has 1 aromatic heterocycles. The van der Waals surface area contributed by atoms with E-state index in [4.69, 9.17) is 20.3 Å². The highest BCUT2D eigenvalue weighted by atomic mass is 16.6. The van der Waals surface area contributed by atoms with Crippen LogP contribution in [0.2, 0.25) is 0 Å². The first-order valence-electron chi connectivity index (χ1n) is 10.5. The van der Waals surface area contributed by atoms with Crippen molar-refractivity contribution in [3.05, 3.63) is 52.7 Å². The standard InChI is InChI=1S/C23H25N5O7/c1-34-14-6-7-15(19(29)11-14)21-16(13-5-8-20(35-2)18(10-13)28(32)33)12-26-23(27-21)25-9-3-4-17(24)22(30)31/h5-8,10-12,17,29H,3-4,9,24H2,1-2H3,(H,30,31)(H,25,26,27). The van der Waals surface area contributed by atoms with Crippen molar-refractivity contribution in [2.45, 2.75) is 18.9 Å². The van der Waals surface area contributed by atoms with E-state index in [0.717, 1.165) is 0 Å². The van der Waals surface area contributed by atoms with Crippen molar-refractivity contribution in [3.63, 3.8) is 0 Å². The average molecular weight is 483 g/mol. The van der Waals surface area contributed by atoms with Crippen LogP contribution in [0.4, 0.5) is 11.6 Å². The predicted octanol–water partition coefficient (Wildman–Crippen LogP) is 3.05. The monoisotopic (exact) mass is 483 g/mol. The number of methoxy groups -OCH3 is 2. The summed E-state index contributed by atoms with van der Waals surface area (Å²) >= 11 is 0. The van der Waals surface area contributed by atoms with E-state index in [-0.39, 0.29) is 29.6 Å². The molecule has 2 aromatic carbocycles. The highest BCUT2D eigenvalue weighted by Gasteiger charge is 2.20. The van der Waals surface area contributed by atoms with Gasteiger partial charge in [-0.2, -0.15) is 0 Å². The lowest BCUT2D eigenvalue weighted by Crippen LogP contribution is -2.30. The van der Waals surface area contributed by atoms with Gasteiger partial charge in [0.25, 0.3) is 0 Å². The second-order valence-electron chi connectivity index (χ2n) is 7.50. The van der Waals surface area contributed by atoms with Crippen LogP contribution < -0.4 is 20.5 Å². The summed E-state index contributed by atoms with van der Waals surface area (Å²) < 4.78 is 10.2. The molecule has 3 aromatic rings. The van der Waals surface area contributed by atoms with Crippen molar-refractivity contribution < 1.29 is 29.4 Å². The third-order valence-corrected chi connectivity index (χ3v) is 5.23. The van der Waals surface area contributed by atoms with Crippen molar-refractivity contribution in [2.75, 3.05) is 26.1 Å². The molecule has 0 bridgehead atoms. The minimum Gasteiger partial charge on any atom is -0.507 e. The van der Waals surface area contributed by atoms with Gasteiger partial charge in [0, 0.05) is 36.0 Å². The summed E-state index contributed by atoms with van der Waals surface area (Å²) in [6.45, 7) is 0.363. The Balaban J connectivity index is 2.02. The fourth-order valence-electron chi connectivity index (χ4n) is 3.37. The molecule has 0 amide bonds. The molecule has 1 unspecified atom stereocenters. The topological polar surface area (TPSA) is 183 Å². The van der Waals surface area contributed by atoms with Gasteiger partial charge in [0.05, 0.1) is 24.8 Å². The molecular formula is C23H25N5O7. The molecule has 0 saturated heterocycles. The first-order chi connectivity index (χ1) is 16.7. The Hall–Kier alpha value is -4.45. The van der Waals surface area contributed by atoms with Gasteiger partial charge in [-0.3, -0.25) is 14.9 Å². The SMILES string of the molecule is COc1ccc(-c2nc(NCCCC(N)C(=O)O)ncc2-c2ccc(OC)c([N+](=O)[O-])c2)c(O)c1. The first-order valence-corrected chi connectivity index (χ1v) is 10.5. The molecular weight excluding hydrogens is 458 g/mol. The summed E-state index contributed by atoms with van der Waals surface area (Å²) in [6, 6.07) is 8.20. The average Bonchev–Trinajstić information content (AvgIpc) is 2.85. The number of aromatic hydroxyl groups is 1. The number of nitrogens with zero attached hydrogens (tertiary/aromatic N) is 3. The van der Waals surface area contributed by atoms with Gasteiger partial charge >= 0.3 is 11.7 Å². The third-order valence-electron chi connectivity index (χ3n) is 5.23. The lowest BCUT2D eigenvalue weighted by molar-refractivity contribution is -0.385. The molecule has 1 heterocycles. The number of nitrogens with one attached hydrogen (secondary N) is 1. The number of phenols is 1. The zero-order valence-electron chi connectivity index (χ0n) is 19.1. The molecule has 0 spiro atoms. The van der Waals surface area contributed by atoms with Gasteiger partial charge in [0.2, 0.25) is 5.95 Å². The Morgan fingerprint density at radius 2 is 1.97 bits per heavy atom. The van der Waals surface area contributed by atoms with E-state index in [1.807, 2.05) is 0 Å². The molecule has 1 atom stereocenters. The summed E-state index contributed by atoms with van der Waals surface area (Å²) in [5, 5.41) is 34.1. The van der Waals surface area contributed by atoms with Crippen LogP contribution in [-0.4, -0.2) is 57.9 Å². The Morgan fingerprint density at radius 1 is 1.20 bits per heavy atom. The normalized spacial score (nSPS) is 11.5. The molecule has 0 aliphatic rings.